The summed E-state index contributed by atoms with van der Waals surface area (Å²) < 4.78 is 1.31. The van der Waals surface area contributed by atoms with E-state index in [0.29, 0.717) is 10.5 Å². The maximum Gasteiger partial charge on any atom is 0.247 e. The van der Waals surface area contributed by atoms with Gasteiger partial charge in [0.15, 0.2) is 0 Å². The molecule has 1 N–H and O–H groups in total. The molecule has 0 atom stereocenters. The molecule has 2 rings (SSSR count). The van der Waals surface area contributed by atoms with E-state index < -0.39 is 0 Å². The van der Waals surface area contributed by atoms with E-state index in [1.54, 1.807) is 24.4 Å². The molecule has 1 aromatic heterocycles. The van der Waals surface area contributed by atoms with Crippen molar-refractivity contribution in [3.63, 3.8) is 0 Å². The van der Waals surface area contributed by atoms with Gasteiger partial charge in [0.2, 0.25) is 11.8 Å². The predicted molar refractivity (Wildman–Crippen MR) is 77.9 cm³/mol. The molecular weight excluding hydrogens is 278 g/mol. The number of fused-ring (bicyclic) bond motifs is 1. The van der Waals surface area contributed by atoms with Crippen LogP contribution in [0, 0.1) is 0 Å². The van der Waals surface area contributed by atoms with Gasteiger partial charge in [0, 0.05) is 29.3 Å². The van der Waals surface area contributed by atoms with Crippen molar-refractivity contribution in [3.05, 3.63) is 29.4 Å². The lowest BCUT2D eigenvalue weighted by Gasteiger charge is -2.07. The minimum Gasteiger partial charge on any atom is -0.354 e. The van der Waals surface area contributed by atoms with Crippen LogP contribution >= 0.6 is 11.6 Å². The van der Waals surface area contributed by atoms with Gasteiger partial charge in [-0.2, -0.15) is 5.10 Å². The quantitative estimate of drug-likeness (QED) is 0.942. The van der Waals surface area contributed by atoms with Crippen molar-refractivity contribution in [2.75, 3.05) is 0 Å². The summed E-state index contributed by atoms with van der Waals surface area (Å²) in [5.41, 5.74) is 0.698. The first-order valence-electron chi connectivity index (χ1n) is 6.43. The summed E-state index contributed by atoms with van der Waals surface area (Å²) in [6.45, 7) is 3.76. The van der Waals surface area contributed by atoms with Gasteiger partial charge in [0.25, 0.3) is 0 Å². The molecule has 1 aromatic carbocycles. The van der Waals surface area contributed by atoms with Crippen molar-refractivity contribution in [1.82, 2.24) is 15.1 Å². The Hall–Kier alpha value is -1.88. The summed E-state index contributed by atoms with van der Waals surface area (Å²) >= 11 is 5.88. The van der Waals surface area contributed by atoms with Gasteiger partial charge in [-0.15, -0.1) is 0 Å². The van der Waals surface area contributed by atoms with E-state index in [2.05, 4.69) is 10.4 Å². The van der Waals surface area contributed by atoms with Gasteiger partial charge in [0.1, 0.15) is 0 Å². The molecule has 1 amide bonds. The fourth-order valence-corrected chi connectivity index (χ4v) is 2.10. The van der Waals surface area contributed by atoms with E-state index >= 15 is 0 Å². The Morgan fingerprint density at radius 2 is 2.10 bits per heavy atom. The summed E-state index contributed by atoms with van der Waals surface area (Å²) in [6, 6.07) is 5.28. The van der Waals surface area contributed by atoms with Gasteiger partial charge in [-0.25, -0.2) is 4.68 Å². The first kappa shape index (κ1) is 14.5. The van der Waals surface area contributed by atoms with E-state index in [-0.39, 0.29) is 30.7 Å². The molecule has 0 saturated carbocycles. The zero-order valence-electron chi connectivity index (χ0n) is 11.4. The fraction of sp³-hybridized carbons (Fsp3) is 0.357. The highest BCUT2D eigenvalue weighted by atomic mass is 35.5. The van der Waals surface area contributed by atoms with E-state index in [1.807, 2.05) is 13.8 Å². The number of benzene rings is 1. The third kappa shape index (κ3) is 3.36. The molecule has 0 spiro atoms. The number of hydrogen-bond acceptors (Lipinski definition) is 3. The lowest BCUT2D eigenvalue weighted by molar-refractivity contribution is -0.121. The predicted octanol–water partition coefficient (Wildman–Crippen LogP) is 2.63. The lowest BCUT2D eigenvalue weighted by atomic mass is 10.2. The highest BCUT2D eigenvalue weighted by molar-refractivity contribution is 6.31. The molecule has 20 heavy (non-hydrogen) atoms. The van der Waals surface area contributed by atoms with Crippen molar-refractivity contribution in [2.45, 2.75) is 32.7 Å². The number of amides is 1. The summed E-state index contributed by atoms with van der Waals surface area (Å²) in [5, 5.41) is 8.20. The van der Waals surface area contributed by atoms with Crippen molar-refractivity contribution < 1.29 is 9.59 Å². The zero-order chi connectivity index (χ0) is 14.7. The molecule has 2 aromatic rings. The summed E-state index contributed by atoms with van der Waals surface area (Å²) in [6.07, 6.45) is 1.87. The summed E-state index contributed by atoms with van der Waals surface area (Å²) in [5.74, 6) is -0.339. The maximum atomic E-state index is 12.1. The third-order valence-electron chi connectivity index (χ3n) is 2.78. The van der Waals surface area contributed by atoms with E-state index in [4.69, 9.17) is 11.6 Å². The first-order valence-corrected chi connectivity index (χ1v) is 6.81. The normalized spacial score (nSPS) is 11.0. The number of carbonyl (C=O) groups excluding carboxylic acids is 2. The van der Waals surface area contributed by atoms with Crippen LogP contribution in [0.5, 0.6) is 0 Å². The number of aromatic nitrogens is 2. The second kappa shape index (κ2) is 6.05. The maximum absolute atomic E-state index is 12.1. The van der Waals surface area contributed by atoms with E-state index in [9.17, 15) is 9.59 Å². The van der Waals surface area contributed by atoms with Crippen LogP contribution in [0.1, 0.15) is 31.5 Å². The zero-order valence-corrected chi connectivity index (χ0v) is 12.1. The number of nitrogens with zero attached hydrogens (tertiary/aromatic N) is 2. The number of hydrogen-bond donors (Lipinski definition) is 1. The molecule has 0 fully saturated rings. The minimum absolute atomic E-state index is 0.0743. The van der Waals surface area contributed by atoms with Crippen molar-refractivity contribution >= 4 is 34.3 Å². The van der Waals surface area contributed by atoms with Gasteiger partial charge in [-0.3, -0.25) is 9.59 Å². The van der Waals surface area contributed by atoms with E-state index in [1.165, 1.54) is 4.68 Å². The second-order valence-corrected chi connectivity index (χ2v) is 5.31. The molecule has 5 nitrogen and oxygen atoms in total. The molecule has 0 radical (unpaired) electrons. The topological polar surface area (TPSA) is 64.0 Å². The number of nitrogens with one attached hydrogen (secondary N) is 1. The Balaban J connectivity index is 2.06. The van der Waals surface area contributed by atoms with Crippen LogP contribution in [0.3, 0.4) is 0 Å². The van der Waals surface area contributed by atoms with Crippen LogP contribution in [0.15, 0.2) is 24.4 Å². The Morgan fingerprint density at radius 1 is 1.35 bits per heavy atom. The summed E-state index contributed by atoms with van der Waals surface area (Å²) in [4.78, 5) is 23.6. The molecule has 0 aliphatic heterocycles. The lowest BCUT2D eigenvalue weighted by Crippen LogP contribution is -2.30. The van der Waals surface area contributed by atoms with E-state index in [0.717, 1.165) is 5.39 Å². The van der Waals surface area contributed by atoms with Crippen molar-refractivity contribution in [2.24, 2.45) is 0 Å². The van der Waals surface area contributed by atoms with Gasteiger partial charge >= 0.3 is 0 Å². The molecule has 0 unspecified atom stereocenters. The minimum atomic E-state index is -0.207. The molecule has 0 aliphatic rings. The van der Waals surface area contributed by atoms with Gasteiger partial charge in [-0.1, -0.05) is 11.6 Å². The Morgan fingerprint density at radius 3 is 2.80 bits per heavy atom. The van der Waals surface area contributed by atoms with Crippen LogP contribution < -0.4 is 5.32 Å². The Bertz CT molecular complexity index is 649. The van der Waals surface area contributed by atoms with Gasteiger partial charge in [-0.05, 0) is 32.0 Å². The average molecular weight is 294 g/mol. The summed E-state index contributed by atoms with van der Waals surface area (Å²) in [7, 11) is 0. The van der Waals surface area contributed by atoms with Crippen molar-refractivity contribution in [3.8, 4) is 0 Å². The molecule has 106 valence electrons. The first-order chi connectivity index (χ1) is 9.47. The molecule has 6 heteroatoms. The number of carbonyl (C=O) groups is 2. The van der Waals surface area contributed by atoms with Crippen LogP contribution in [-0.4, -0.2) is 27.6 Å². The average Bonchev–Trinajstić information content (AvgIpc) is 2.78. The second-order valence-electron chi connectivity index (χ2n) is 4.88. The molecule has 1 heterocycles. The van der Waals surface area contributed by atoms with Crippen LogP contribution in [-0.2, 0) is 4.79 Å². The molecule has 0 aliphatic carbocycles. The smallest absolute Gasteiger partial charge is 0.247 e. The van der Waals surface area contributed by atoms with Gasteiger partial charge < -0.3 is 5.32 Å². The SMILES string of the molecule is CC(C)NC(=O)CCC(=O)n1ncc2cc(Cl)ccc21. The number of rotatable bonds is 4. The van der Waals surface area contributed by atoms with Crippen LogP contribution in [0.2, 0.25) is 5.02 Å². The fourth-order valence-electron chi connectivity index (χ4n) is 1.92. The Kier molecular flexibility index (Phi) is 4.39. The largest absolute Gasteiger partial charge is 0.354 e. The standard InChI is InChI=1S/C14H16ClN3O2/c1-9(2)17-13(19)5-6-14(20)18-12-4-3-11(15)7-10(12)8-16-18/h3-4,7-9H,5-6H2,1-2H3,(H,17,19). The number of halogens is 1. The van der Waals surface area contributed by atoms with Crippen molar-refractivity contribution in [1.29, 1.82) is 0 Å². The monoisotopic (exact) mass is 293 g/mol. The molecule has 0 bridgehead atoms. The molecule has 0 saturated heterocycles. The molecular formula is C14H16ClN3O2. The highest BCUT2D eigenvalue weighted by Crippen LogP contribution is 2.19. The highest BCUT2D eigenvalue weighted by Gasteiger charge is 2.13. The van der Waals surface area contributed by atoms with Crippen LogP contribution in [0.4, 0.5) is 0 Å². The third-order valence-corrected chi connectivity index (χ3v) is 3.02. The van der Waals surface area contributed by atoms with Gasteiger partial charge in [0.05, 0.1) is 11.7 Å². The Labute approximate surface area is 121 Å². The van der Waals surface area contributed by atoms with Crippen LogP contribution in [0.25, 0.3) is 10.9 Å².